The van der Waals surface area contributed by atoms with Gasteiger partial charge in [0.05, 0.1) is 19.2 Å². The maximum atomic E-state index is 11.9. The fraction of sp³-hybridized carbons (Fsp3) is 0.429. The quantitative estimate of drug-likeness (QED) is 0.810. The molecule has 1 saturated heterocycles. The number of carbonyl (C=O) groups is 1. The van der Waals surface area contributed by atoms with Gasteiger partial charge in [-0.25, -0.2) is 0 Å². The van der Waals surface area contributed by atoms with E-state index in [-0.39, 0.29) is 5.91 Å². The Bertz CT molecular complexity index is 446. The molecule has 5 heteroatoms. The van der Waals surface area contributed by atoms with Gasteiger partial charge in [-0.15, -0.1) is 0 Å². The summed E-state index contributed by atoms with van der Waals surface area (Å²) in [5, 5.41) is 11.5. The second-order valence-electron chi connectivity index (χ2n) is 4.62. The Hall–Kier alpha value is -1.90. The molecule has 0 saturated carbocycles. The Morgan fingerprint density at radius 1 is 1.16 bits per heavy atom. The van der Waals surface area contributed by atoms with Gasteiger partial charge in [-0.1, -0.05) is 18.2 Å². The Labute approximate surface area is 113 Å². The summed E-state index contributed by atoms with van der Waals surface area (Å²) in [6.45, 7) is 4.27. The molecule has 2 rings (SSSR count). The number of nitriles is 1. The van der Waals surface area contributed by atoms with Crippen LogP contribution in [0.2, 0.25) is 0 Å². The molecule has 1 aliphatic rings. The average Bonchev–Trinajstić information content (AvgIpc) is 2.42. The number of hydrogen-bond donors (Lipinski definition) is 1. The van der Waals surface area contributed by atoms with E-state index in [9.17, 15) is 4.79 Å². The molecular weight excluding hydrogens is 240 g/mol. The van der Waals surface area contributed by atoms with Gasteiger partial charge in [0, 0.05) is 31.9 Å². The van der Waals surface area contributed by atoms with Crippen LogP contribution in [0.3, 0.4) is 0 Å². The number of benzene rings is 1. The Balaban J connectivity index is 1.74. The lowest BCUT2D eigenvalue weighted by atomic mass is 10.3. The van der Waals surface area contributed by atoms with Crippen LogP contribution in [0.15, 0.2) is 30.3 Å². The van der Waals surface area contributed by atoms with Crippen LogP contribution in [0.25, 0.3) is 0 Å². The molecule has 100 valence electrons. The van der Waals surface area contributed by atoms with Gasteiger partial charge in [0.2, 0.25) is 5.91 Å². The number of nitrogens with one attached hydrogen (secondary N) is 1. The SMILES string of the molecule is N#CCN1CCN(CC(=O)Nc2ccccc2)CC1. The number of amides is 1. The number of rotatable bonds is 4. The van der Waals surface area contributed by atoms with Crippen molar-refractivity contribution in [2.45, 2.75) is 0 Å². The number of carbonyl (C=O) groups excluding carboxylic acids is 1. The van der Waals surface area contributed by atoms with Gasteiger partial charge < -0.3 is 5.32 Å². The highest BCUT2D eigenvalue weighted by atomic mass is 16.2. The van der Waals surface area contributed by atoms with Gasteiger partial charge in [-0.3, -0.25) is 14.6 Å². The van der Waals surface area contributed by atoms with Crippen molar-refractivity contribution < 1.29 is 4.79 Å². The van der Waals surface area contributed by atoms with E-state index >= 15 is 0 Å². The molecule has 5 nitrogen and oxygen atoms in total. The zero-order valence-corrected chi connectivity index (χ0v) is 10.9. The second-order valence-corrected chi connectivity index (χ2v) is 4.62. The molecule has 0 radical (unpaired) electrons. The van der Waals surface area contributed by atoms with Crippen molar-refractivity contribution >= 4 is 11.6 Å². The summed E-state index contributed by atoms with van der Waals surface area (Å²) in [6.07, 6.45) is 0. The van der Waals surface area contributed by atoms with Crippen molar-refractivity contribution in [3.63, 3.8) is 0 Å². The standard InChI is InChI=1S/C14H18N4O/c15-6-7-17-8-10-18(11-9-17)12-14(19)16-13-4-2-1-3-5-13/h1-5H,7-12H2,(H,16,19). The monoisotopic (exact) mass is 258 g/mol. The summed E-state index contributed by atoms with van der Waals surface area (Å²) in [4.78, 5) is 16.1. The van der Waals surface area contributed by atoms with Gasteiger partial charge in [0.15, 0.2) is 0 Å². The first-order valence-electron chi connectivity index (χ1n) is 6.44. The van der Waals surface area contributed by atoms with E-state index in [0.29, 0.717) is 13.1 Å². The molecule has 1 heterocycles. The molecule has 1 aromatic carbocycles. The number of para-hydroxylation sites is 1. The highest BCUT2D eigenvalue weighted by Gasteiger charge is 2.18. The minimum atomic E-state index is 0.0138. The van der Waals surface area contributed by atoms with Crippen LogP contribution < -0.4 is 5.32 Å². The van der Waals surface area contributed by atoms with Crippen molar-refractivity contribution in [3.05, 3.63) is 30.3 Å². The largest absolute Gasteiger partial charge is 0.325 e. The number of hydrogen-bond acceptors (Lipinski definition) is 4. The first-order chi connectivity index (χ1) is 9.28. The Morgan fingerprint density at radius 3 is 2.42 bits per heavy atom. The van der Waals surface area contributed by atoms with Crippen molar-refractivity contribution in [2.24, 2.45) is 0 Å². The van der Waals surface area contributed by atoms with Crippen molar-refractivity contribution in [1.82, 2.24) is 9.80 Å². The predicted octanol–water partition coefficient (Wildman–Crippen LogP) is 0.766. The summed E-state index contributed by atoms with van der Waals surface area (Å²) in [6, 6.07) is 11.6. The zero-order valence-electron chi connectivity index (χ0n) is 10.9. The van der Waals surface area contributed by atoms with Crippen molar-refractivity contribution in [1.29, 1.82) is 5.26 Å². The molecule has 0 atom stereocenters. The van der Waals surface area contributed by atoms with E-state index < -0.39 is 0 Å². The fourth-order valence-corrected chi connectivity index (χ4v) is 2.13. The lowest BCUT2D eigenvalue weighted by Crippen LogP contribution is -2.48. The highest BCUT2D eigenvalue weighted by Crippen LogP contribution is 2.06. The maximum Gasteiger partial charge on any atom is 0.238 e. The molecule has 1 aromatic rings. The van der Waals surface area contributed by atoms with E-state index in [4.69, 9.17) is 5.26 Å². The van der Waals surface area contributed by atoms with Crippen LogP contribution in [0.1, 0.15) is 0 Å². The van der Waals surface area contributed by atoms with E-state index in [1.54, 1.807) is 0 Å². The Kier molecular flexibility index (Phi) is 4.90. The summed E-state index contributed by atoms with van der Waals surface area (Å²) in [5.74, 6) is 0.0138. The minimum absolute atomic E-state index is 0.0138. The minimum Gasteiger partial charge on any atom is -0.325 e. The molecule has 1 amide bonds. The first kappa shape index (κ1) is 13.5. The van der Waals surface area contributed by atoms with Crippen molar-refractivity contribution in [2.75, 3.05) is 44.6 Å². The lowest BCUT2D eigenvalue weighted by Gasteiger charge is -2.32. The summed E-state index contributed by atoms with van der Waals surface area (Å²) >= 11 is 0. The van der Waals surface area contributed by atoms with Crippen LogP contribution >= 0.6 is 0 Å². The molecule has 0 unspecified atom stereocenters. The summed E-state index contributed by atoms with van der Waals surface area (Å²) < 4.78 is 0. The third-order valence-electron chi connectivity index (χ3n) is 3.18. The predicted molar refractivity (Wildman–Crippen MR) is 73.6 cm³/mol. The van der Waals surface area contributed by atoms with Gasteiger partial charge in [0.1, 0.15) is 0 Å². The van der Waals surface area contributed by atoms with Gasteiger partial charge >= 0.3 is 0 Å². The number of nitrogens with zero attached hydrogens (tertiary/aromatic N) is 3. The Morgan fingerprint density at radius 2 is 1.79 bits per heavy atom. The maximum absolute atomic E-state index is 11.9. The van der Waals surface area contributed by atoms with Crippen molar-refractivity contribution in [3.8, 4) is 6.07 Å². The molecule has 1 N–H and O–H groups in total. The summed E-state index contributed by atoms with van der Waals surface area (Å²) in [5.41, 5.74) is 0.829. The third-order valence-corrected chi connectivity index (χ3v) is 3.18. The third kappa shape index (κ3) is 4.36. The van der Waals surface area contributed by atoms with E-state index in [1.165, 1.54) is 0 Å². The molecule has 19 heavy (non-hydrogen) atoms. The first-order valence-corrected chi connectivity index (χ1v) is 6.44. The normalized spacial score (nSPS) is 16.8. The number of anilines is 1. The van der Waals surface area contributed by atoms with Crippen LogP contribution in [0, 0.1) is 11.3 Å². The van der Waals surface area contributed by atoms with Gasteiger partial charge in [-0.2, -0.15) is 5.26 Å². The van der Waals surface area contributed by atoms with Gasteiger partial charge in [-0.05, 0) is 12.1 Å². The molecule has 0 bridgehead atoms. The van der Waals surface area contributed by atoms with Crippen LogP contribution in [-0.2, 0) is 4.79 Å². The van der Waals surface area contributed by atoms with E-state index in [0.717, 1.165) is 31.9 Å². The molecule has 0 aromatic heterocycles. The van der Waals surface area contributed by atoms with Crippen LogP contribution in [0.4, 0.5) is 5.69 Å². The smallest absolute Gasteiger partial charge is 0.238 e. The fourth-order valence-electron chi connectivity index (χ4n) is 2.13. The van der Waals surface area contributed by atoms with Gasteiger partial charge in [0.25, 0.3) is 0 Å². The topological polar surface area (TPSA) is 59.4 Å². The zero-order chi connectivity index (χ0) is 13.5. The molecule has 1 fully saturated rings. The van der Waals surface area contributed by atoms with E-state index in [1.807, 2.05) is 30.3 Å². The lowest BCUT2D eigenvalue weighted by molar-refractivity contribution is -0.117. The van der Waals surface area contributed by atoms with E-state index in [2.05, 4.69) is 21.2 Å². The molecular formula is C14H18N4O. The average molecular weight is 258 g/mol. The molecule has 0 spiro atoms. The number of piperazine rings is 1. The summed E-state index contributed by atoms with van der Waals surface area (Å²) in [7, 11) is 0. The molecule has 1 aliphatic heterocycles. The second kappa shape index (κ2) is 6.88. The molecule has 0 aliphatic carbocycles. The van der Waals surface area contributed by atoms with Crippen LogP contribution in [-0.4, -0.2) is 55.0 Å². The highest BCUT2D eigenvalue weighted by molar-refractivity contribution is 5.92. The van der Waals surface area contributed by atoms with Crippen LogP contribution in [0.5, 0.6) is 0 Å².